The second kappa shape index (κ2) is 7.63. The summed E-state index contributed by atoms with van der Waals surface area (Å²) in [7, 11) is 1.63. The number of carbonyl (C=O) groups is 1. The Labute approximate surface area is 159 Å². The molecule has 0 fully saturated rings. The van der Waals surface area contributed by atoms with E-state index < -0.39 is 0 Å². The first-order valence-electron chi connectivity index (χ1n) is 8.52. The number of benzene rings is 1. The van der Waals surface area contributed by atoms with Crippen LogP contribution in [0.15, 0.2) is 23.4 Å². The van der Waals surface area contributed by atoms with Crippen LogP contribution in [0.3, 0.4) is 0 Å². The number of rotatable bonds is 5. The largest absolute Gasteiger partial charge is 0.497 e. The molecule has 0 radical (unpaired) electrons. The number of methoxy groups -OCH3 is 1. The second-order valence-electron chi connectivity index (χ2n) is 6.05. The van der Waals surface area contributed by atoms with Gasteiger partial charge in [-0.2, -0.15) is 0 Å². The summed E-state index contributed by atoms with van der Waals surface area (Å²) in [5.74, 6) is 2.01. The van der Waals surface area contributed by atoms with E-state index in [0.717, 1.165) is 52.8 Å². The molecule has 1 amide bonds. The van der Waals surface area contributed by atoms with Crippen molar-refractivity contribution in [2.24, 2.45) is 0 Å². The average Bonchev–Trinajstić information content (AvgIpc) is 3.14. The van der Waals surface area contributed by atoms with Crippen LogP contribution in [-0.4, -0.2) is 38.5 Å². The molecule has 2 aromatic heterocycles. The monoisotopic (exact) mass is 389 g/mol. The van der Waals surface area contributed by atoms with Gasteiger partial charge in [-0.15, -0.1) is 10.2 Å². The first kappa shape index (κ1) is 17.3. The van der Waals surface area contributed by atoms with Crippen molar-refractivity contribution in [1.29, 1.82) is 0 Å². The Balaban J connectivity index is 1.39. The summed E-state index contributed by atoms with van der Waals surface area (Å²) in [5, 5.41) is 12.8. The highest BCUT2D eigenvalue weighted by molar-refractivity contribution is 7.99. The molecule has 1 aromatic carbocycles. The second-order valence-corrected chi connectivity index (χ2v) is 8.02. The van der Waals surface area contributed by atoms with Crippen molar-refractivity contribution >= 4 is 44.4 Å². The van der Waals surface area contributed by atoms with E-state index in [1.807, 2.05) is 18.2 Å². The Bertz CT molecular complexity index is 937. The summed E-state index contributed by atoms with van der Waals surface area (Å²) in [6.45, 7) is 0.936. The van der Waals surface area contributed by atoms with Crippen LogP contribution in [0.1, 0.15) is 25.1 Å². The minimum Gasteiger partial charge on any atom is -0.497 e. The number of thioether (sulfide) groups is 1. The molecule has 0 bridgehead atoms. The predicted molar refractivity (Wildman–Crippen MR) is 103 cm³/mol. The highest BCUT2D eigenvalue weighted by Gasteiger charge is 2.16. The van der Waals surface area contributed by atoms with Crippen molar-refractivity contribution in [1.82, 2.24) is 19.7 Å². The Morgan fingerprint density at radius 3 is 3.15 bits per heavy atom. The predicted octanol–water partition coefficient (Wildman–Crippen LogP) is 3.35. The molecule has 1 aliphatic rings. The maximum Gasteiger partial charge on any atom is 0.236 e. The van der Waals surface area contributed by atoms with Gasteiger partial charge in [-0.1, -0.05) is 29.5 Å². The molecule has 136 valence electrons. The number of nitrogens with one attached hydrogen (secondary N) is 1. The number of aromatic nitrogens is 4. The molecule has 26 heavy (non-hydrogen) atoms. The molecule has 4 rings (SSSR count). The molecule has 1 aliphatic heterocycles. The van der Waals surface area contributed by atoms with E-state index in [2.05, 4.69) is 25.1 Å². The minimum absolute atomic E-state index is 0.0907. The zero-order valence-electron chi connectivity index (χ0n) is 14.4. The maximum absolute atomic E-state index is 12.3. The van der Waals surface area contributed by atoms with Crippen molar-refractivity contribution in [3.05, 3.63) is 24.0 Å². The van der Waals surface area contributed by atoms with Gasteiger partial charge in [0.1, 0.15) is 11.6 Å². The minimum atomic E-state index is -0.0907. The van der Waals surface area contributed by atoms with Crippen LogP contribution >= 0.6 is 23.1 Å². The van der Waals surface area contributed by atoms with Crippen molar-refractivity contribution in [2.45, 2.75) is 37.4 Å². The first-order valence-corrected chi connectivity index (χ1v) is 10.3. The lowest BCUT2D eigenvalue weighted by Crippen LogP contribution is -2.14. The third kappa shape index (κ3) is 3.68. The lowest BCUT2D eigenvalue weighted by atomic mass is 10.2. The quantitative estimate of drug-likeness (QED) is 0.674. The van der Waals surface area contributed by atoms with Gasteiger partial charge in [0.05, 0.1) is 23.1 Å². The van der Waals surface area contributed by atoms with Crippen molar-refractivity contribution in [2.75, 3.05) is 18.2 Å². The van der Waals surface area contributed by atoms with Gasteiger partial charge in [-0.05, 0) is 31.0 Å². The van der Waals surface area contributed by atoms with Crippen LogP contribution in [0, 0.1) is 0 Å². The number of nitrogens with zero attached hydrogens (tertiary/aromatic N) is 4. The number of hydrogen-bond acceptors (Lipinski definition) is 7. The Kier molecular flexibility index (Phi) is 5.07. The molecular weight excluding hydrogens is 370 g/mol. The third-order valence-electron chi connectivity index (χ3n) is 4.25. The van der Waals surface area contributed by atoms with Crippen LogP contribution in [-0.2, 0) is 17.8 Å². The fraction of sp³-hybridized carbons (Fsp3) is 0.412. The van der Waals surface area contributed by atoms with E-state index in [1.54, 1.807) is 7.11 Å². The summed E-state index contributed by atoms with van der Waals surface area (Å²) in [6, 6.07) is 5.67. The Morgan fingerprint density at radius 2 is 2.27 bits per heavy atom. The maximum atomic E-state index is 12.3. The van der Waals surface area contributed by atoms with Crippen LogP contribution < -0.4 is 10.1 Å². The molecule has 0 saturated heterocycles. The van der Waals surface area contributed by atoms with Crippen LogP contribution in [0.2, 0.25) is 0 Å². The van der Waals surface area contributed by atoms with Gasteiger partial charge in [0.15, 0.2) is 10.3 Å². The fourth-order valence-corrected chi connectivity index (χ4v) is 4.63. The van der Waals surface area contributed by atoms with Gasteiger partial charge < -0.3 is 14.6 Å². The van der Waals surface area contributed by atoms with Crippen LogP contribution in [0.4, 0.5) is 5.13 Å². The van der Waals surface area contributed by atoms with E-state index in [1.165, 1.54) is 29.5 Å². The van der Waals surface area contributed by atoms with Gasteiger partial charge in [0.25, 0.3) is 0 Å². The highest BCUT2D eigenvalue weighted by atomic mass is 32.2. The van der Waals surface area contributed by atoms with Gasteiger partial charge in [0, 0.05) is 13.0 Å². The summed E-state index contributed by atoms with van der Waals surface area (Å²) >= 11 is 2.86. The number of ether oxygens (including phenoxy) is 1. The zero-order valence-corrected chi connectivity index (χ0v) is 16.0. The molecule has 1 N–H and O–H groups in total. The number of aryl methyl sites for hydroxylation is 1. The topological polar surface area (TPSA) is 81.9 Å². The molecule has 7 nitrogen and oxygen atoms in total. The van der Waals surface area contributed by atoms with E-state index >= 15 is 0 Å². The fourth-order valence-electron chi connectivity index (χ4n) is 2.94. The molecule has 0 spiro atoms. The highest BCUT2D eigenvalue weighted by Crippen LogP contribution is 2.29. The normalized spacial score (nSPS) is 14.0. The van der Waals surface area contributed by atoms with Gasteiger partial charge in [-0.3, -0.25) is 4.79 Å². The third-order valence-corrected chi connectivity index (χ3v) is 6.15. The molecule has 3 aromatic rings. The number of amides is 1. The summed E-state index contributed by atoms with van der Waals surface area (Å²) in [5.41, 5.74) is 0.849. The summed E-state index contributed by atoms with van der Waals surface area (Å²) in [6.07, 6.45) is 4.48. The lowest BCUT2D eigenvalue weighted by molar-refractivity contribution is -0.113. The Hall–Kier alpha value is -2.13. The van der Waals surface area contributed by atoms with Crippen molar-refractivity contribution < 1.29 is 9.53 Å². The first-order chi connectivity index (χ1) is 12.7. The summed E-state index contributed by atoms with van der Waals surface area (Å²) < 4.78 is 8.35. The van der Waals surface area contributed by atoms with E-state index in [-0.39, 0.29) is 11.7 Å². The molecule has 0 unspecified atom stereocenters. The van der Waals surface area contributed by atoms with E-state index in [4.69, 9.17) is 4.74 Å². The number of hydrogen-bond donors (Lipinski definition) is 1. The SMILES string of the molecule is COc1ccc2nc(NC(=O)CSc3nnc4n3CCCCC4)sc2c1. The number of anilines is 1. The van der Waals surface area contributed by atoms with Crippen molar-refractivity contribution in [3.8, 4) is 5.75 Å². The van der Waals surface area contributed by atoms with E-state index in [9.17, 15) is 4.79 Å². The van der Waals surface area contributed by atoms with E-state index in [0.29, 0.717) is 5.13 Å². The van der Waals surface area contributed by atoms with Gasteiger partial charge in [0.2, 0.25) is 5.91 Å². The molecule has 9 heteroatoms. The van der Waals surface area contributed by atoms with Crippen LogP contribution in [0.25, 0.3) is 10.2 Å². The summed E-state index contributed by atoms with van der Waals surface area (Å²) in [4.78, 5) is 16.7. The number of carbonyl (C=O) groups excluding carboxylic acids is 1. The van der Waals surface area contributed by atoms with Gasteiger partial charge in [-0.25, -0.2) is 4.98 Å². The molecular formula is C17H19N5O2S2. The zero-order chi connectivity index (χ0) is 17.9. The smallest absolute Gasteiger partial charge is 0.236 e. The molecule has 0 aliphatic carbocycles. The van der Waals surface area contributed by atoms with Crippen LogP contribution in [0.5, 0.6) is 5.75 Å². The van der Waals surface area contributed by atoms with Gasteiger partial charge >= 0.3 is 0 Å². The van der Waals surface area contributed by atoms with Crippen molar-refractivity contribution in [3.63, 3.8) is 0 Å². The lowest BCUT2D eigenvalue weighted by Gasteiger charge is -2.06. The molecule has 3 heterocycles. The number of fused-ring (bicyclic) bond motifs is 2. The molecule has 0 saturated carbocycles. The number of thiazole rings is 1. The molecule has 0 atom stereocenters. The average molecular weight is 390 g/mol. The standard InChI is InChI=1S/C17H19N5O2S2/c1-24-11-6-7-12-13(9-11)26-16(18-12)19-15(23)10-25-17-21-20-14-5-3-2-4-8-22(14)17/h6-7,9H,2-5,8,10H2,1H3,(H,18,19,23). The Morgan fingerprint density at radius 1 is 1.35 bits per heavy atom.